The molecule has 3 aliphatic rings. The number of aliphatic hydroxyl groups excluding tert-OH is 2. The van der Waals surface area contributed by atoms with Crippen molar-refractivity contribution < 1.29 is 15.0 Å². The summed E-state index contributed by atoms with van der Waals surface area (Å²) in [5, 5.41) is 22.2. The average Bonchev–Trinajstić information content (AvgIpc) is 2.87. The molecule has 128 valence electrons. The number of carbonyl (C=O) groups excluding carboxylic acids is 1. The van der Waals surface area contributed by atoms with Gasteiger partial charge in [-0.15, -0.1) is 6.58 Å². The molecule has 0 aromatic heterocycles. The van der Waals surface area contributed by atoms with Crippen LogP contribution < -0.4 is 0 Å². The van der Waals surface area contributed by atoms with Crippen molar-refractivity contribution >= 4 is 5.78 Å². The molecule has 0 radical (unpaired) electrons. The largest absolute Gasteiger partial charge is 0.392 e. The molecular weight excluding hydrogens is 288 g/mol. The molecule has 3 heteroatoms. The number of allylic oxidation sites excluding steroid dienone is 2. The van der Waals surface area contributed by atoms with Crippen LogP contribution in [0.4, 0.5) is 0 Å². The zero-order chi connectivity index (χ0) is 17.2. The summed E-state index contributed by atoms with van der Waals surface area (Å²) in [4.78, 5) is 12.8. The minimum Gasteiger partial charge on any atom is -0.392 e. The Kier molecular flexibility index (Phi) is 3.70. The molecule has 2 bridgehead atoms. The lowest BCUT2D eigenvalue weighted by Gasteiger charge is -2.61. The molecule has 0 aromatic carbocycles. The van der Waals surface area contributed by atoms with E-state index in [0.717, 1.165) is 12.8 Å². The molecule has 0 aliphatic heterocycles. The summed E-state index contributed by atoms with van der Waals surface area (Å²) in [7, 11) is 0. The molecule has 3 nitrogen and oxygen atoms in total. The van der Waals surface area contributed by atoms with Gasteiger partial charge in [-0.2, -0.15) is 0 Å². The van der Waals surface area contributed by atoms with Crippen LogP contribution in [-0.4, -0.2) is 28.2 Å². The Bertz CT molecular complexity index is 567. The standard InChI is InChI=1S/C20H30O3/c1-6-18(4)11-15(22)19(5)12(2)7-9-20(13(3)17(18)23)10-8-14(21)16(19)20/h6,8,10,12-13,15-17,22-23H,1,7,9,11H2,2-5H3/t12-,13+,15-,16+,17+,18-,19+,20+/m1/s1. The third kappa shape index (κ3) is 1.93. The molecule has 2 N–H and O–H groups in total. The van der Waals surface area contributed by atoms with Crippen molar-refractivity contribution in [2.24, 2.45) is 34.0 Å². The van der Waals surface area contributed by atoms with Crippen molar-refractivity contribution in [3.63, 3.8) is 0 Å². The van der Waals surface area contributed by atoms with Gasteiger partial charge in [0.2, 0.25) is 0 Å². The summed E-state index contributed by atoms with van der Waals surface area (Å²) >= 11 is 0. The number of carbonyl (C=O) groups is 1. The fraction of sp³-hybridized carbons (Fsp3) is 0.750. The number of aliphatic hydroxyl groups is 2. The van der Waals surface area contributed by atoms with Gasteiger partial charge in [0.05, 0.1) is 12.2 Å². The number of ketones is 1. The van der Waals surface area contributed by atoms with Crippen molar-refractivity contribution in [1.82, 2.24) is 0 Å². The van der Waals surface area contributed by atoms with E-state index >= 15 is 0 Å². The summed E-state index contributed by atoms with van der Waals surface area (Å²) in [6, 6.07) is 0. The smallest absolute Gasteiger partial charge is 0.159 e. The molecule has 0 aromatic rings. The van der Waals surface area contributed by atoms with Crippen LogP contribution in [0.1, 0.15) is 47.0 Å². The molecule has 0 spiro atoms. The van der Waals surface area contributed by atoms with E-state index in [-0.39, 0.29) is 29.0 Å². The fourth-order valence-electron chi connectivity index (χ4n) is 5.86. The van der Waals surface area contributed by atoms with Crippen LogP contribution in [0.25, 0.3) is 0 Å². The fourth-order valence-corrected chi connectivity index (χ4v) is 5.86. The highest BCUT2D eigenvalue weighted by Crippen LogP contribution is 2.65. The summed E-state index contributed by atoms with van der Waals surface area (Å²) in [5.74, 6) is 0.126. The van der Waals surface area contributed by atoms with Gasteiger partial charge in [0.1, 0.15) is 0 Å². The van der Waals surface area contributed by atoms with Crippen LogP contribution in [0, 0.1) is 34.0 Å². The van der Waals surface area contributed by atoms with Gasteiger partial charge in [0, 0.05) is 22.2 Å². The maximum atomic E-state index is 12.8. The predicted octanol–water partition coefficient (Wildman–Crippen LogP) is 3.12. The second-order valence-corrected chi connectivity index (χ2v) is 8.75. The molecule has 2 saturated carbocycles. The molecule has 0 amide bonds. The quantitative estimate of drug-likeness (QED) is 0.730. The first-order valence-electron chi connectivity index (χ1n) is 8.86. The zero-order valence-corrected chi connectivity index (χ0v) is 14.7. The Labute approximate surface area is 139 Å². The summed E-state index contributed by atoms with van der Waals surface area (Å²) in [6.07, 6.45) is 6.61. The highest BCUT2D eigenvalue weighted by molar-refractivity contribution is 5.96. The van der Waals surface area contributed by atoms with E-state index in [1.165, 1.54) is 0 Å². The summed E-state index contributed by atoms with van der Waals surface area (Å²) in [6.45, 7) is 12.2. The Morgan fingerprint density at radius 1 is 1.30 bits per heavy atom. The molecule has 3 aliphatic carbocycles. The Hall–Kier alpha value is -0.930. The van der Waals surface area contributed by atoms with Crippen LogP contribution in [-0.2, 0) is 4.79 Å². The Balaban J connectivity index is 2.22. The van der Waals surface area contributed by atoms with Crippen LogP contribution in [0.3, 0.4) is 0 Å². The van der Waals surface area contributed by atoms with Crippen molar-refractivity contribution in [2.75, 3.05) is 0 Å². The molecular formula is C20H30O3. The number of hydrogen-bond acceptors (Lipinski definition) is 3. The van der Waals surface area contributed by atoms with Gasteiger partial charge >= 0.3 is 0 Å². The maximum absolute atomic E-state index is 12.8. The van der Waals surface area contributed by atoms with Crippen molar-refractivity contribution in [3.05, 3.63) is 24.8 Å². The topological polar surface area (TPSA) is 57.5 Å². The van der Waals surface area contributed by atoms with Crippen LogP contribution >= 0.6 is 0 Å². The third-order valence-electron chi connectivity index (χ3n) is 7.89. The first-order valence-corrected chi connectivity index (χ1v) is 8.86. The summed E-state index contributed by atoms with van der Waals surface area (Å²) < 4.78 is 0. The van der Waals surface area contributed by atoms with Gasteiger partial charge in [-0.1, -0.05) is 39.8 Å². The highest BCUT2D eigenvalue weighted by atomic mass is 16.3. The minimum atomic E-state index is -0.629. The van der Waals surface area contributed by atoms with Gasteiger partial charge in [-0.05, 0) is 37.2 Å². The third-order valence-corrected chi connectivity index (χ3v) is 7.89. The molecule has 23 heavy (non-hydrogen) atoms. The Morgan fingerprint density at radius 3 is 2.57 bits per heavy atom. The van der Waals surface area contributed by atoms with Gasteiger partial charge in [-0.25, -0.2) is 0 Å². The maximum Gasteiger partial charge on any atom is 0.159 e. The minimum absolute atomic E-state index is 0.0440. The van der Waals surface area contributed by atoms with E-state index in [4.69, 9.17) is 0 Å². The first-order chi connectivity index (χ1) is 10.6. The highest BCUT2D eigenvalue weighted by Gasteiger charge is 2.65. The lowest BCUT2D eigenvalue weighted by molar-refractivity contribution is -0.183. The van der Waals surface area contributed by atoms with E-state index in [9.17, 15) is 15.0 Å². The molecule has 0 saturated heterocycles. The monoisotopic (exact) mass is 318 g/mol. The molecule has 2 fully saturated rings. The van der Waals surface area contributed by atoms with Crippen LogP contribution in [0.15, 0.2) is 24.8 Å². The van der Waals surface area contributed by atoms with Crippen molar-refractivity contribution in [3.8, 4) is 0 Å². The lowest BCUT2D eigenvalue weighted by Crippen LogP contribution is -2.62. The Morgan fingerprint density at radius 2 is 1.96 bits per heavy atom. The second-order valence-electron chi connectivity index (χ2n) is 8.75. The summed E-state index contributed by atoms with van der Waals surface area (Å²) in [5.41, 5.74) is -1.35. The molecule has 0 heterocycles. The zero-order valence-electron chi connectivity index (χ0n) is 14.7. The normalized spacial score (nSPS) is 55.9. The predicted molar refractivity (Wildman–Crippen MR) is 90.7 cm³/mol. The average molecular weight is 318 g/mol. The van der Waals surface area contributed by atoms with Gasteiger partial charge < -0.3 is 10.2 Å². The van der Waals surface area contributed by atoms with Gasteiger partial charge in [0.25, 0.3) is 0 Å². The number of hydrogen-bond donors (Lipinski definition) is 2. The van der Waals surface area contributed by atoms with Gasteiger partial charge in [-0.3, -0.25) is 4.79 Å². The molecule has 0 unspecified atom stereocenters. The lowest BCUT2D eigenvalue weighted by atomic mass is 9.44. The molecule has 8 atom stereocenters. The molecule has 3 rings (SSSR count). The van der Waals surface area contributed by atoms with E-state index in [0.29, 0.717) is 6.42 Å². The van der Waals surface area contributed by atoms with Crippen LogP contribution in [0.2, 0.25) is 0 Å². The van der Waals surface area contributed by atoms with Crippen molar-refractivity contribution in [1.29, 1.82) is 0 Å². The first kappa shape index (κ1) is 16.9. The van der Waals surface area contributed by atoms with Crippen LogP contribution in [0.5, 0.6) is 0 Å². The van der Waals surface area contributed by atoms with E-state index in [2.05, 4.69) is 27.4 Å². The van der Waals surface area contributed by atoms with Crippen molar-refractivity contribution in [2.45, 2.75) is 59.2 Å². The number of rotatable bonds is 1. The van der Waals surface area contributed by atoms with E-state index in [1.54, 1.807) is 12.2 Å². The van der Waals surface area contributed by atoms with Gasteiger partial charge in [0.15, 0.2) is 5.78 Å². The SMILES string of the molecule is C=C[C@]1(C)C[C@@H](O)[C@]2(C)[C@H](C)CC[C@]3(C=CC(=O)[C@H]32)[C@@H](C)[C@@H]1O. The van der Waals surface area contributed by atoms with E-state index in [1.807, 2.05) is 13.0 Å². The van der Waals surface area contributed by atoms with E-state index < -0.39 is 23.0 Å². The second kappa shape index (κ2) is 5.03.